The van der Waals surface area contributed by atoms with Gasteiger partial charge in [0.2, 0.25) is 5.91 Å². The summed E-state index contributed by atoms with van der Waals surface area (Å²) >= 11 is 0. The lowest BCUT2D eigenvalue weighted by molar-refractivity contribution is -0.136. The molecule has 0 aromatic heterocycles. The van der Waals surface area contributed by atoms with Crippen molar-refractivity contribution in [3.63, 3.8) is 0 Å². The molecule has 2 amide bonds. The third-order valence-corrected chi connectivity index (χ3v) is 5.89. The average molecular weight is 437 g/mol. The highest BCUT2D eigenvalue weighted by Gasteiger charge is 2.33. The first-order valence-electron chi connectivity index (χ1n) is 11.7. The Morgan fingerprint density at radius 1 is 1.09 bits per heavy atom. The summed E-state index contributed by atoms with van der Waals surface area (Å²) in [6.07, 6.45) is 0.835. The Hall–Kier alpha value is -2.82. The number of benzene rings is 2. The minimum atomic E-state index is -0.551. The van der Waals surface area contributed by atoms with Crippen LogP contribution in [0.4, 0.5) is 0 Å². The van der Waals surface area contributed by atoms with Gasteiger partial charge >= 0.3 is 0 Å². The van der Waals surface area contributed by atoms with Gasteiger partial charge in [-0.2, -0.15) is 0 Å². The number of carbonyl (C=O) groups excluding carboxylic acids is 2. The second kappa shape index (κ2) is 10.2. The lowest BCUT2D eigenvalue weighted by atomic mass is 9.87. The van der Waals surface area contributed by atoms with E-state index in [-0.39, 0.29) is 29.8 Å². The van der Waals surface area contributed by atoms with Crippen molar-refractivity contribution in [3.8, 4) is 5.75 Å². The maximum atomic E-state index is 13.1. The molecule has 0 bridgehead atoms. The first-order chi connectivity index (χ1) is 15.2. The van der Waals surface area contributed by atoms with Crippen LogP contribution in [-0.2, 0) is 16.0 Å². The molecule has 172 valence electrons. The van der Waals surface area contributed by atoms with Gasteiger partial charge in [0.15, 0.2) is 6.10 Å². The van der Waals surface area contributed by atoms with Crippen molar-refractivity contribution in [1.82, 2.24) is 10.2 Å². The van der Waals surface area contributed by atoms with E-state index in [2.05, 4.69) is 42.6 Å². The summed E-state index contributed by atoms with van der Waals surface area (Å²) in [6, 6.07) is 14.3. The Kier molecular flexibility index (Phi) is 7.60. The second-order valence-electron chi connectivity index (χ2n) is 9.29. The van der Waals surface area contributed by atoms with Crippen LogP contribution in [0.5, 0.6) is 5.75 Å². The van der Waals surface area contributed by atoms with E-state index < -0.39 is 6.10 Å². The van der Waals surface area contributed by atoms with Crippen molar-refractivity contribution in [2.75, 3.05) is 6.54 Å². The zero-order valence-electron chi connectivity index (χ0n) is 20.1. The zero-order valence-corrected chi connectivity index (χ0v) is 20.1. The van der Waals surface area contributed by atoms with Gasteiger partial charge in [-0.25, -0.2) is 0 Å². The highest BCUT2D eigenvalue weighted by molar-refractivity contribution is 5.81. The van der Waals surface area contributed by atoms with E-state index in [9.17, 15) is 9.59 Å². The predicted octanol–water partition coefficient (Wildman–Crippen LogP) is 4.81. The topological polar surface area (TPSA) is 58.6 Å². The van der Waals surface area contributed by atoms with Crippen LogP contribution in [0.3, 0.4) is 0 Å². The monoisotopic (exact) mass is 436 g/mol. The molecule has 1 aliphatic rings. The van der Waals surface area contributed by atoms with Crippen molar-refractivity contribution in [2.45, 2.75) is 72.6 Å². The molecule has 2 atom stereocenters. The maximum Gasteiger partial charge on any atom is 0.261 e. The normalized spacial score (nSPS) is 16.6. The van der Waals surface area contributed by atoms with Crippen molar-refractivity contribution in [2.24, 2.45) is 5.92 Å². The molecule has 0 saturated carbocycles. The molecular weight excluding hydrogens is 400 g/mol. The molecule has 0 saturated heterocycles. The number of hydrogen-bond donors (Lipinski definition) is 1. The number of ether oxygens (including phenoxy) is 1. The van der Waals surface area contributed by atoms with Crippen LogP contribution in [-0.4, -0.2) is 35.4 Å². The summed E-state index contributed by atoms with van der Waals surface area (Å²) in [5.41, 5.74) is 4.57. The van der Waals surface area contributed by atoms with Crippen LogP contribution in [0, 0.1) is 12.8 Å². The first-order valence-corrected chi connectivity index (χ1v) is 11.7. The molecule has 3 rings (SSSR count). The summed E-state index contributed by atoms with van der Waals surface area (Å²) in [4.78, 5) is 27.6. The minimum Gasteiger partial charge on any atom is -0.481 e. The summed E-state index contributed by atoms with van der Waals surface area (Å²) in [7, 11) is 0. The molecule has 5 heteroatoms. The Morgan fingerprint density at radius 3 is 2.38 bits per heavy atom. The fourth-order valence-corrected chi connectivity index (χ4v) is 4.21. The van der Waals surface area contributed by atoms with Crippen molar-refractivity contribution in [3.05, 3.63) is 64.7 Å². The van der Waals surface area contributed by atoms with Crippen LogP contribution >= 0.6 is 0 Å². The Balaban J connectivity index is 1.99. The number of rotatable bonds is 7. The van der Waals surface area contributed by atoms with Crippen molar-refractivity contribution in [1.29, 1.82) is 0 Å². The van der Waals surface area contributed by atoms with Gasteiger partial charge in [-0.05, 0) is 62.4 Å². The predicted molar refractivity (Wildman–Crippen MR) is 128 cm³/mol. The van der Waals surface area contributed by atoms with E-state index in [4.69, 9.17) is 4.74 Å². The van der Waals surface area contributed by atoms with Crippen LogP contribution in [0.15, 0.2) is 42.5 Å². The van der Waals surface area contributed by atoms with Gasteiger partial charge in [-0.1, -0.05) is 56.7 Å². The molecule has 0 fully saturated rings. The van der Waals surface area contributed by atoms with Gasteiger partial charge in [0.25, 0.3) is 5.91 Å². The van der Waals surface area contributed by atoms with E-state index in [1.807, 2.05) is 51.7 Å². The van der Waals surface area contributed by atoms with Gasteiger partial charge < -0.3 is 15.0 Å². The highest BCUT2D eigenvalue weighted by Crippen LogP contribution is 2.38. The molecule has 0 aliphatic carbocycles. The molecule has 0 radical (unpaired) electrons. The Morgan fingerprint density at radius 2 is 1.78 bits per heavy atom. The number of amides is 2. The molecule has 2 aromatic carbocycles. The smallest absolute Gasteiger partial charge is 0.261 e. The van der Waals surface area contributed by atoms with Gasteiger partial charge in [0.1, 0.15) is 5.75 Å². The lowest BCUT2D eigenvalue weighted by Crippen LogP contribution is -2.43. The first kappa shape index (κ1) is 23.8. The van der Waals surface area contributed by atoms with Crippen LogP contribution in [0.2, 0.25) is 0 Å². The number of nitrogens with zero attached hydrogens (tertiary/aromatic N) is 1. The molecule has 1 aliphatic heterocycles. The van der Waals surface area contributed by atoms with Gasteiger partial charge in [-0.15, -0.1) is 0 Å². The van der Waals surface area contributed by atoms with E-state index in [1.165, 1.54) is 11.1 Å². The number of fused-ring (bicyclic) bond motifs is 1. The number of nitrogens with one attached hydrogen (secondary N) is 1. The third-order valence-electron chi connectivity index (χ3n) is 5.89. The minimum absolute atomic E-state index is 0.0604. The van der Waals surface area contributed by atoms with E-state index in [0.717, 1.165) is 17.5 Å². The summed E-state index contributed by atoms with van der Waals surface area (Å²) in [5.74, 6) is 0.626. The Bertz CT molecular complexity index is 950. The van der Waals surface area contributed by atoms with E-state index in [1.54, 1.807) is 0 Å². The third kappa shape index (κ3) is 5.32. The molecule has 5 nitrogen and oxygen atoms in total. The fourth-order valence-electron chi connectivity index (χ4n) is 4.21. The highest BCUT2D eigenvalue weighted by atomic mass is 16.5. The largest absolute Gasteiger partial charge is 0.481 e. The summed E-state index contributed by atoms with van der Waals surface area (Å²) in [6.45, 7) is 12.5. The van der Waals surface area contributed by atoms with Crippen LogP contribution in [0.1, 0.15) is 69.3 Å². The molecule has 1 N–H and O–H groups in total. The number of aryl methyl sites for hydroxylation is 1. The molecule has 0 spiro atoms. The molecular formula is C27H36N2O3. The zero-order chi connectivity index (χ0) is 23.4. The SMILES string of the molecule is CC[C@@H](Oc1ccc2c(c1)[C@@H](c1ccc(C)cc1)N(C(=O)C(C)C)CC2)C(=O)NC(C)C. The quantitative estimate of drug-likeness (QED) is 0.678. The Labute approximate surface area is 192 Å². The van der Waals surface area contributed by atoms with Gasteiger partial charge in [0.05, 0.1) is 6.04 Å². The maximum absolute atomic E-state index is 13.1. The van der Waals surface area contributed by atoms with Gasteiger partial charge in [0, 0.05) is 18.5 Å². The standard InChI is InChI=1S/C27H36N2O3/c1-7-24(26(30)28-18(4)5)32-22-13-12-20-14-15-29(27(31)17(2)3)25(23(20)16-22)21-10-8-19(6)9-11-21/h8-13,16-18,24-25H,7,14-15H2,1-6H3,(H,28,30)/t24-,25-/m1/s1. The average Bonchev–Trinajstić information content (AvgIpc) is 2.76. The molecule has 32 heavy (non-hydrogen) atoms. The van der Waals surface area contributed by atoms with Crippen molar-refractivity contribution < 1.29 is 14.3 Å². The number of carbonyl (C=O) groups is 2. The molecule has 0 unspecified atom stereocenters. The van der Waals surface area contributed by atoms with Crippen LogP contribution < -0.4 is 10.1 Å². The summed E-state index contributed by atoms with van der Waals surface area (Å²) < 4.78 is 6.12. The molecule has 1 heterocycles. The van der Waals surface area contributed by atoms with Crippen molar-refractivity contribution >= 4 is 11.8 Å². The molecule has 2 aromatic rings. The second-order valence-corrected chi connectivity index (χ2v) is 9.29. The fraction of sp³-hybridized carbons (Fsp3) is 0.481. The lowest BCUT2D eigenvalue weighted by Gasteiger charge is -2.39. The van der Waals surface area contributed by atoms with Crippen LogP contribution in [0.25, 0.3) is 0 Å². The van der Waals surface area contributed by atoms with E-state index in [0.29, 0.717) is 18.7 Å². The van der Waals surface area contributed by atoms with E-state index >= 15 is 0 Å². The summed E-state index contributed by atoms with van der Waals surface area (Å²) in [5, 5.41) is 2.93. The van der Waals surface area contributed by atoms with Gasteiger partial charge in [-0.3, -0.25) is 9.59 Å². The number of hydrogen-bond acceptors (Lipinski definition) is 3.